The predicted molar refractivity (Wildman–Crippen MR) is 95.7 cm³/mol. The number of aryl methyl sites for hydroxylation is 2. The second-order valence-corrected chi connectivity index (χ2v) is 6.30. The molecule has 0 fully saturated rings. The molecule has 0 unspecified atom stereocenters. The minimum atomic E-state index is 0.380. The fourth-order valence-corrected chi connectivity index (χ4v) is 3.23. The average Bonchev–Trinajstić information content (AvgIpc) is 2.55. The lowest BCUT2D eigenvalue weighted by molar-refractivity contribution is 0.599. The van der Waals surface area contributed by atoms with E-state index in [1.807, 2.05) is 0 Å². The van der Waals surface area contributed by atoms with Gasteiger partial charge >= 0.3 is 0 Å². The van der Waals surface area contributed by atoms with E-state index in [0.717, 1.165) is 19.3 Å². The molecule has 0 amide bonds. The Morgan fingerprint density at radius 3 is 2.36 bits per heavy atom. The van der Waals surface area contributed by atoms with Crippen LogP contribution in [0.3, 0.4) is 0 Å². The van der Waals surface area contributed by atoms with Gasteiger partial charge in [-0.1, -0.05) is 38.1 Å². The van der Waals surface area contributed by atoms with Gasteiger partial charge in [0.25, 0.3) is 0 Å². The Labute approximate surface area is 134 Å². The molecule has 0 aromatic heterocycles. The van der Waals surface area contributed by atoms with E-state index in [1.165, 1.54) is 28.1 Å². The van der Waals surface area contributed by atoms with Gasteiger partial charge in [-0.05, 0) is 61.1 Å². The van der Waals surface area contributed by atoms with Gasteiger partial charge in [0, 0.05) is 17.4 Å². The van der Waals surface area contributed by atoms with Crippen LogP contribution in [0.25, 0.3) is 0 Å². The first kappa shape index (κ1) is 15.0. The van der Waals surface area contributed by atoms with Gasteiger partial charge in [0.05, 0.1) is 6.04 Å². The van der Waals surface area contributed by atoms with Gasteiger partial charge in [0.2, 0.25) is 0 Å². The summed E-state index contributed by atoms with van der Waals surface area (Å²) in [7, 11) is 0. The highest BCUT2D eigenvalue weighted by Crippen LogP contribution is 2.35. The Hall–Kier alpha value is -1.96. The highest BCUT2D eigenvalue weighted by molar-refractivity contribution is 5.60. The minimum Gasteiger partial charge on any atom is -0.382 e. The van der Waals surface area contributed by atoms with E-state index in [-0.39, 0.29) is 0 Å². The molecule has 0 spiro atoms. The molecule has 2 heteroatoms. The molecule has 2 nitrogen and oxygen atoms in total. The Kier molecular flexibility index (Phi) is 4.37. The number of fused-ring (bicyclic) bond motifs is 1. The van der Waals surface area contributed by atoms with Gasteiger partial charge in [0.1, 0.15) is 0 Å². The quantitative estimate of drug-likeness (QED) is 0.813. The zero-order chi connectivity index (χ0) is 15.5. The lowest BCUT2D eigenvalue weighted by Crippen LogP contribution is -2.29. The lowest BCUT2D eigenvalue weighted by Gasteiger charge is -2.33. The number of anilines is 2. The molecular weight excluding hydrogens is 268 g/mol. The number of hydrogen-bond acceptors (Lipinski definition) is 2. The van der Waals surface area contributed by atoms with Crippen LogP contribution in [0.15, 0.2) is 42.5 Å². The SMILES string of the molecule is CCc1ccc(N[C@H]2C[C@@H](C)Nc3ccc(CC)cc32)cc1. The number of benzene rings is 2. The molecule has 0 saturated heterocycles. The van der Waals surface area contributed by atoms with E-state index >= 15 is 0 Å². The summed E-state index contributed by atoms with van der Waals surface area (Å²) in [5, 5.41) is 7.34. The van der Waals surface area contributed by atoms with E-state index in [1.54, 1.807) is 0 Å². The van der Waals surface area contributed by atoms with Crippen LogP contribution in [0, 0.1) is 0 Å². The Morgan fingerprint density at radius 1 is 1.00 bits per heavy atom. The van der Waals surface area contributed by atoms with Gasteiger partial charge < -0.3 is 10.6 Å². The van der Waals surface area contributed by atoms with Crippen LogP contribution in [-0.4, -0.2) is 6.04 Å². The second-order valence-electron chi connectivity index (χ2n) is 6.30. The first-order valence-corrected chi connectivity index (χ1v) is 8.44. The maximum absolute atomic E-state index is 3.73. The summed E-state index contributed by atoms with van der Waals surface area (Å²) >= 11 is 0. The first-order chi connectivity index (χ1) is 10.7. The van der Waals surface area contributed by atoms with Crippen molar-refractivity contribution in [2.24, 2.45) is 0 Å². The summed E-state index contributed by atoms with van der Waals surface area (Å²) in [6.07, 6.45) is 3.28. The van der Waals surface area contributed by atoms with Crippen molar-refractivity contribution in [1.82, 2.24) is 0 Å². The molecule has 22 heavy (non-hydrogen) atoms. The van der Waals surface area contributed by atoms with Crippen molar-refractivity contribution in [3.05, 3.63) is 59.2 Å². The molecule has 3 rings (SSSR count). The standard InChI is InChI=1S/C20H26N2/c1-4-15-6-9-17(10-7-15)22-20-12-14(3)21-19-11-8-16(5-2)13-18(19)20/h6-11,13-14,20-22H,4-5,12H2,1-3H3/t14-,20+/m1/s1. The van der Waals surface area contributed by atoms with E-state index in [9.17, 15) is 0 Å². The van der Waals surface area contributed by atoms with Gasteiger partial charge in [-0.2, -0.15) is 0 Å². The molecule has 2 aromatic rings. The third kappa shape index (κ3) is 3.11. The third-order valence-corrected chi connectivity index (χ3v) is 4.59. The zero-order valence-corrected chi connectivity index (χ0v) is 13.8. The molecule has 0 aliphatic carbocycles. The number of nitrogens with one attached hydrogen (secondary N) is 2. The zero-order valence-electron chi connectivity index (χ0n) is 13.8. The summed E-state index contributed by atoms with van der Waals surface area (Å²) in [6.45, 7) is 6.66. The Bertz CT molecular complexity index is 631. The van der Waals surface area contributed by atoms with Crippen molar-refractivity contribution in [2.45, 2.75) is 52.1 Å². The highest BCUT2D eigenvalue weighted by atomic mass is 15.0. The topological polar surface area (TPSA) is 24.1 Å². The van der Waals surface area contributed by atoms with E-state index in [0.29, 0.717) is 12.1 Å². The van der Waals surface area contributed by atoms with Gasteiger partial charge in [-0.3, -0.25) is 0 Å². The third-order valence-electron chi connectivity index (χ3n) is 4.59. The smallest absolute Gasteiger partial charge is 0.0553 e. The molecule has 1 aliphatic heterocycles. The summed E-state index contributed by atoms with van der Waals surface area (Å²) < 4.78 is 0. The van der Waals surface area contributed by atoms with Crippen molar-refractivity contribution in [1.29, 1.82) is 0 Å². The van der Waals surface area contributed by atoms with Crippen molar-refractivity contribution in [2.75, 3.05) is 10.6 Å². The van der Waals surface area contributed by atoms with Crippen LogP contribution < -0.4 is 10.6 Å². The summed E-state index contributed by atoms with van der Waals surface area (Å²) in [4.78, 5) is 0. The molecule has 0 saturated carbocycles. The van der Waals surface area contributed by atoms with E-state index < -0.39 is 0 Å². The lowest BCUT2D eigenvalue weighted by atomic mass is 9.91. The molecule has 0 bridgehead atoms. The van der Waals surface area contributed by atoms with Crippen LogP contribution in [0.5, 0.6) is 0 Å². The average molecular weight is 294 g/mol. The molecule has 2 N–H and O–H groups in total. The summed E-state index contributed by atoms with van der Waals surface area (Å²) in [5.74, 6) is 0. The molecule has 2 aromatic carbocycles. The minimum absolute atomic E-state index is 0.380. The number of rotatable bonds is 4. The summed E-state index contributed by atoms with van der Waals surface area (Å²) in [5.41, 5.74) is 6.68. The van der Waals surface area contributed by atoms with Crippen LogP contribution in [0.4, 0.5) is 11.4 Å². The predicted octanol–water partition coefficient (Wildman–Crippen LogP) is 5.17. The van der Waals surface area contributed by atoms with Crippen molar-refractivity contribution in [3.63, 3.8) is 0 Å². The molecule has 116 valence electrons. The van der Waals surface area contributed by atoms with Crippen LogP contribution in [0.1, 0.15) is 49.9 Å². The van der Waals surface area contributed by atoms with Crippen LogP contribution in [0.2, 0.25) is 0 Å². The fraction of sp³-hybridized carbons (Fsp3) is 0.400. The Balaban J connectivity index is 1.87. The first-order valence-electron chi connectivity index (χ1n) is 8.44. The highest BCUT2D eigenvalue weighted by Gasteiger charge is 2.24. The maximum atomic E-state index is 3.73. The van der Waals surface area contributed by atoms with Gasteiger partial charge in [-0.25, -0.2) is 0 Å². The molecular formula is C20H26N2. The van der Waals surface area contributed by atoms with Crippen molar-refractivity contribution < 1.29 is 0 Å². The van der Waals surface area contributed by atoms with Crippen molar-refractivity contribution in [3.8, 4) is 0 Å². The molecule has 1 heterocycles. The second kappa shape index (κ2) is 6.43. The largest absolute Gasteiger partial charge is 0.382 e. The monoisotopic (exact) mass is 294 g/mol. The van der Waals surface area contributed by atoms with Crippen LogP contribution in [-0.2, 0) is 12.8 Å². The molecule has 0 radical (unpaired) electrons. The van der Waals surface area contributed by atoms with Crippen LogP contribution >= 0.6 is 0 Å². The summed E-state index contributed by atoms with van der Waals surface area (Å²) in [6, 6.07) is 16.5. The molecule has 1 aliphatic rings. The van der Waals surface area contributed by atoms with Gasteiger partial charge in [-0.15, -0.1) is 0 Å². The van der Waals surface area contributed by atoms with Crippen molar-refractivity contribution >= 4 is 11.4 Å². The van der Waals surface area contributed by atoms with E-state index in [4.69, 9.17) is 0 Å². The number of hydrogen-bond donors (Lipinski definition) is 2. The normalized spacial score (nSPS) is 20.1. The Morgan fingerprint density at radius 2 is 1.68 bits per heavy atom. The molecule has 2 atom stereocenters. The fourth-order valence-electron chi connectivity index (χ4n) is 3.23. The van der Waals surface area contributed by atoms with E-state index in [2.05, 4.69) is 73.9 Å². The maximum Gasteiger partial charge on any atom is 0.0553 e. The van der Waals surface area contributed by atoms with Gasteiger partial charge in [0.15, 0.2) is 0 Å².